The molecular weight excluding hydrogens is 348 g/mol. The Balaban J connectivity index is 1.32. The number of likely N-dealkylation sites (tertiary alicyclic amines) is 1. The molecule has 4 rings (SSSR count). The zero-order valence-electron chi connectivity index (χ0n) is 16.1. The van der Waals surface area contributed by atoms with E-state index < -0.39 is 17.9 Å². The zero-order chi connectivity index (χ0) is 19.4. The maximum absolute atomic E-state index is 12.7. The summed E-state index contributed by atoms with van der Waals surface area (Å²) in [7, 11) is 0. The average molecular weight is 377 g/mol. The molecule has 1 amide bonds. The number of hydrogen-bond acceptors (Lipinski definition) is 2. The Morgan fingerprint density at radius 1 is 1.22 bits per heavy atom. The predicted octanol–water partition coefficient (Wildman–Crippen LogP) is 4.31. The fourth-order valence-electron chi connectivity index (χ4n) is 5.27. The molecule has 3 aliphatic rings. The van der Waals surface area contributed by atoms with Crippen molar-refractivity contribution in [2.75, 3.05) is 13.1 Å². The first kappa shape index (κ1) is 18.9. The molecule has 1 spiro atoms. The quantitative estimate of drug-likeness (QED) is 0.849. The largest absolute Gasteiger partial charge is 0.384 e. The lowest BCUT2D eigenvalue weighted by Crippen LogP contribution is -2.62. The minimum Gasteiger partial charge on any atom is -0.384 e. The molecule has 1 N–H and O–H groups in total. The molecule has 0 bridgehead atoms. The molecule has 1 heterocycles. The van der Waals surface area contributed by atoms with Gasteiger partial charge in [-0.25, -0.2) is 8.78 Å². The van der Waals surface area contributed by atoms with Gasteiger partial charge in [0, 0.05) is 24.4 Å². The van der Waals surface area contributed by atoms with E-state index >= 15 is 0 Å². The Bertz CT molecular complexity index is 721. The minimum atomic E-state index is -2.76. The van der Waals surface area contributed by atoms with Crippen LogP contribution in [0.4, 0.5) is 8.78 Å². The topological polar surface area (TPSA) is 40.5 Å². The highest BCUT2D eigenvalue weighted by Crippen LogP contribution is 2.53. The fraction of sp³-hybridized carbons (Fsp3) is 0.682. The highest BCUT2D eigenvalue weighted by Gasteiger charge is 2.56. The number of rotatable bonds is 4. The van der Waals surface area contributed by atoms with E-state index in [1.54, 1.807) is 0 Å². The molecule has 0 radical (unpaired) electrons. The van der Waals surface area contributed by atoms with E-state index in [0.29, 0.717) is 11.8 Å². The molecule has 1 aromatic rings. The Morgan fingerprint density at radius 3 is 2.56 bits per heavy atom. The van der Waals surface area contributed by atoms with E-state index in [-0.39, 0.29) is 24.2 Å². The van der Waals surface area contributed by atoms with Crippen LogP contribution in [0.15, 0.2) is 24.3 Å². The van der Waals surface area contributed by atoms with Crippen molar-refractivity contribution in [3.63, 3.8) is 0 Å². The summed E-state index contributed by atoms with van der Waals surface area (Å²) in [6, 6.07) is 8.88. The Labute approximate surface area is 159 Å². The first-order chi connectivity index (χ1) is 12.7. The van der Waals surface area contributed by atoms with E-state index in [9.17, 15) is 18.7 Å². The standard InChI is InChI=1S/C22H29F2NO2/c1-14(2)15-4-3-5-16(8-15)17-6-7-21(9-17)12-25(13-21)19(26)18-10-22(27,11-18)20(23)24/h3-5,8,14,17-18,20,27H,6-7,9-13H2,1-2H3/t17-,18?,22?/m1/s1. The molecule has 1 atom stereocenters. The second-order valence-corrected chi connectivity index (χ2v) is 9.47. The maximum atomic E-state index is 12.7. The van der Waals surface area contributed by atoms with Gasteiger partial charge in [0.2, 0.25) is 5.91 Å². The number of amides is 1. The Morgan fingerprint density at radius 2 is 1.93 bits per heavy atom. The van der Waals surface area contributed by atoms with Crippen LogP contribution in [0, 0.1) is 11.3 Å². The number of aliphatic hydroxyl groups is 1. The molecule has 27 heavy (non-hydrogen) atoms. The zero-order valence-corrected chi connectivity index (χ0v) is 16.1. The summed E-state index contributed by atoms with van der Waals surface area (Å²) in [4.78, 5) is 14.3. The van der Waals surface area contributed by atoms with Crippen LogP contribution >= 0.6 is 0 Å². The van der Waals surface area contributed by atoms with E-state index in [4.69, 9.17) is 0 Å². The summed E-state index contributed by atoms with van der Waals surface area (Å²) in [5, 5.41) is 9.69. The van der Waals surface area contributed by atoms with Gasteiger partial charge in [0.15, 0.2) is 0 Å². The van der Waals surface area contributed by atoms with Gasteiger partial charge >= 0.3 is 0 Å². The Hall–Kier alpha value is -1.49. The Kier molecular flexibility index (Phi) is 4.57. The van der Waals surface area contributed by atoms with E-state index in [1.807, 2.05) is 4.90 Å². The molecule has 3 fully saturated rings. The molecule has 2 aliphatic carbocycles. The van der Waals surface area contributed by atoms with Crippen molar-refractivity contribution in [1.82, 2.24) is 4.90 Å². The maximum Gasteiger partial charge on any atom is 0.266 e. The van der Waals surface area contributed by atoms with Gasteiger partial charge in [0.05, 0.1) is 0 Å². The van der Waals surface area contributed by atoms with Crippen LogP contribution in [-0.4, -0.2) is 41.0 Å². The van der Waals surface area contributed by atoms with Gasteiger partial charge in [-0.15, -0.1) is 0 Å². The van der Waals surface area contributed by atoms with Crippen LogP contribution in [0.2, 0.25) is 0 Å². The van der Waals surface area contributed by atoms with Gasteiger partial charge in [-0.05, 0) is 55.1 Å². The molecule has 3 nitrogen and oxygen atoms in total. The van der Waals surface area contributed by atoms with Crippen LogP contribution in [0.5, 0.6) is 0 Å². The summed E-state index contributed by atoms with van der Waals surface area (Å²) in [5.74, 6) is 0.595. The van der Waals surface area contributed by atoms with Gasteiger partial charge in [-0.2, -0.15) is 0 Å². The molecule has 1 aliphatic heterocycles. The van der Waals surface area contributed by atoms with Crippen LogP contribution in [0.25, 0.3) is 0 Å². The van der Waals surface area contributed by atoms with Crippen LogP contribution in [-0.2, 0) is 4.79 Å². The van der Waals surface area contributed by atoms with E-state index in [1.165, 1.54) is 11.1 Å². The lowest BCUT2D eigenvalue weighted by Gasteiger charge is -2.52. The second-order valence-electron chi connectivity index (χ2n) is 9.47. The molecule has 148 valence electrons. The molecule has 2 saturated carbocycles. The van der Waals surface area contributed by atoms with Gasteiger partial charge in [0.1, 0.15) is 5.60 Å². The number of benzene rings is 1. The minimum absolute atomic E-state index is 0.0452. The van der Waals surface area contributed by atoms with Gasteiger partial charge in [-0.3, -0.25) is 4.79 Å². The number of carbonyl (C=O) groups excluding carboxylic acids is 1. The molecule has 0 unspecified atom stereocenters. The lowest BCUT2D eigenvalue weighted by molar-refractivity contribution is -0.188. The molecular formula is C22H29F2NO2. The first-order valence-electron chi connectivity index (χ1n) is 10.1. The van der Waals surface area contributed by atoms with Crippen LogP contribution in [0.1, 0.15) is 68.9 Å². The summed E-state index contributed by atoms with van der Waals surface area (Å²) in [6.45, 7) is 5.91. The summed E-state index contributed by atoms with van der Waals surface area (Å²) < 4.78 is 25.5. The van der Waals surface area contributed by atoms with Crippen molar-refractivity contribution in [2.24, 2.45) is 11.3 Å². The summed E-state index contributed by atoms with van der Waals surface area (Å²) in [6.07, 6.45) is 0.414. The van der Waals surface area contributed by atoms with Crippen molar-refractivity contribution < 1.29 is 18.7 Å². The van der Waals surface area contributed by atoms with Gasteiger partial charge in [-0.1, -0.05) is 38.1 Å². The van der Waals surface area contributed by atoms with Crippen LogP contribution < -0.4 is 0 Å². The first-order valence-corrected chi connectivity index (χ1v) is 10.1. The summed E-state index contributed by atoms with van der Waals surface area (Å²) >= 11 is 0. The van der Waals surface area contributed by atoms with Gasteiger partial charge < -0.3 is 10.0 Å². The lowest BCUT2D eigenvalue weighted by atomic mass is 9.69. The normalized spacial score (nSPS) is 32.0. The average Bonchev–Trinajstić information content (AvgIpc) is 3.02. The second kappa shape index (κ2) is 6.54. The van der Waals surface area contributed by atoms with Gasteiger partial charge in [0.25, 0.3) is 6.43 Å². The van der Waals surface area contributed by atoms with Crippen molar-refractivity contribution in [3.8, 4) is 0 Å². The third-order valence-corrected chi connectivity index (χ3v) is 7.07. The van der Waals surface area contributed by atoms with Crippen molar-refractivity contribution in [1.29, 1.82) is 0 Å². The number of nitrogens with zero attached hydrogens (tertiary/aromatic N) is 1. The third kappa shape index (κ3) is 3.28. The summed E-state index contributed by atoms with van der Waals surface area (Å²) in [5.41, 5.74) is 1.04. The van der Waals surface area contributed by atoms with Crippen molar-refractivity contribution in [2.45, 2.75) is 69.8 Å². The highest BCUT2D eigenvalue weighted by molar-refractivity contribution is 5.81. The highest BCUT2D eigenvalue weighted by atomic mass is 19.3. The van der Waals surface area contributed by atoms with Crippen molar-refractivity contribution in [3.05, 3.63) is 35.4 Å². The SMILES string of the molecule is CC(C)c1cccc([C@@H]2CCC3(C2)CN(C(=O)C2CC(O)(C(F)F)C2)C3)c1. The molecule has 5 heteroatoms. The molecule has 1 saturated heterocycles. The monoisotopic (exact) mass is 377 g/mol. The van der Waals surface area contributed by atoms with E-state index in [0.717, 1.165) is 32.4 Å². The van der Waals surface area contributed by atoms with E-state index in [2.05, 4.69) is 38.1 Å². The molecule has 0 aromatic heterocycles. The predicted molar refractivity (Wildman–Crippen MR) is 99.8 cm³/mol. The van der Waals surface area contributed by atoms with Crippen molar-refractivity contribution >= 4 is 5.91 Å². The fourth-order valence-corrected chi connectivity index (χ4v) is 5.27. The van der Waals surface area contributed by atoms with Crippen LogP contribution in [0.3, 0.4) is 0 Å². The number of carbonyl (C=O) groups is 1. The number of alkyl halides is 2. The third-order valence-electron chi connectivity index (χ3n) is 7.07. The molecule has 1 aromatic carbocycles. The number of hydrogen-bond donors (Lipinski definition) is 1. The smallest absolute Gasteiger partial charge is 0.266 e. The number of halogens is 2.